The number of piperidine rings is 1. The van der Waals surface area contributed by atoms with Gasteiger partial charge in [-0.3, -0.25) is 4.79 Å². The molecule has 1 saturated heterocycles. The van der Waals surface area contributed by atoms with E-state index in [4.69, 9.17) is 0 Å². The van der Waals surface area contributed by atoms with Crippen molar-refractivity contribution in [2.45, 2.75) is 32.2 Å². The van der Waals surface area contributed by atoms with E-state index in [1.807, 2.05) is 4.90 Å². The van der Waals surface area contributed by atoms with Gasteiger partial charge in [-0.15, -0.1) is 0 Å². The Labute approximate surface area is 100 Å². The normalized spacial score (nSPS) is 19.6. The van der Waals surface area contributed by atoms with Crippen LogP contribution >= 0.6 is 0 Å². The number of rotatable bonds is 2. The van der Waals surface area contributed by atoms with Crippen LogP contribution < -0.4 is 0 Å². The molecule has 0 radical (unpaired) electrons. The van der Waals surface area contributed by atoms with Crippen LogP contribution in [0.15, 0.2) is 23.8 Å². The number of amides is 1. The molecule has 0 unspecified atom stereocenters. The molecule has 1 aromatic rings. The first-order valence-electron chi connectivity index (χ1n) is 6.13. The van der Waals surface area contributed by atoms with Gasteiger partial charge in [-0.1, -0.05) is 11.1 Å². The molecular weight excluding hydrogens is 216 g/mol. The Morgan fingerprint density at radius 2 is 1.88 bits per heavy atom. The standard InChI is InChI=1S/C12H16N4O/c17-12(7-16-9-13-8-14-16)15-5-3-11(4-6-15)10-1-2-10/h8-9H,1-7H2. The Hall–Kier alpha value is -1.65. The minimum atomic E-state index is 0.148. The van der Waals surface area contributed by atoms with Crippen molar-refractivity contribution in [3.63, 3.8) is 0 Å². The van der Waals surface area contributed by atoms with E-state index in [1.165, 1.54) is 19.2 Å². The number of nitrogens with zero attached hydrogens (tertiary/aromatic N) is 4. The quantitative estimate of drug-likeness (QED) is 0.714. The highest BCUT2D eigenvalue weighted by Gasteiger charge is 2.24. The van der Waals surface area contributed by atoms with Crippen molar-refractivity contribution < 1.29 is 4.79 Å². The van der Waals surface area contributed by atoms with E-state index in [1.54, 1.807) is 22.2 Å². The van der Waals surface area contributed by atoms with Gasteiger partial charge in [0.15, 0.2) is 0 Å². The Morgan fingerprint density at radius 3 is 2.47 bits per heavy atom. The fourth-order valence-corrected chi connectivity index (χ4v) is 2.35. The van der Waals surface area contributed by atoms with Crippen LogP contribution in [-0.2, 0) is 11.3 Å². The van der Waals surface area contributed by atoms with Crippen LogP contribution in [0.4, 0.5) is 0 Å². The Morgan fingerprint density at radius 1 is 1.18 bits per heavy atom. The van der Waals surface area contributed by atoms with Gasteiger partial charge < -0.3 is 4.90 Å². The average Bonchev–Trinajstić information content (AvgIpc) is 3.09. The molecule has 90 valence electrons. The summed E-state index contributed by atoms with van der Waals surface area (Å²) in [5.41, 5.74) is 3.25. The first-order chi connectivity index (χ1) is 8.33. The van der Waals surface area contributed by atoms with Gasteiger partial charge in [0, 0.05) is 13.1 Å². The predicted molar refractivity (Wildman–Crippen MR) is 62.1 cm³/mol. The van der Waals surface area contributed by atoms with Gasteiger partial charge in [0.1, 0.15) is 19.2 Å². The van der Waals surface area contributed by atoms with Gasteiger partial charge in [-0.25, -0.2) is 9.67 Å². The van der Waals surface area contributed by atoms with E-state index >= 15 is 0 Å². The number of carbonyl (C=O) groups is 1. The Bertz CT molecular complexity index is 433. The molecule has 3 rings (SSSR count). The maximum Gasteiger partial charge on any atom is 0.244 e. The third-order valence-electron chi connectivity index (χ3n) is 3.48. The van der Waals surface area contributed by atoms with Crippen molar-refractivity contribution in [3.8, 4) is 0 Å². The number of carbonyl (C=O) groups excluding carboxylic acids is 1. The SMILES string of the molecule is O=C(Cn1cncn1)N1CCC(=C2CC2)CC1. The van der Waals surface area contributed by atoms with Crippen LogP contribution in [0.3, 0.4) is 0 Å². The molecule has 1 aliphatic heterocycles. The van der Waals surface area contributed by atoms with E-state index in [0.29, 0.717) is 6.54 Å². The van der Waals surface area contributed by atoms with Gasteiger partial charge >= 0.3 is 0 Å². The summed E-state index contributed by atoms with van der Waals surface area (Å²) in [4.78, 5) is 17.8. The molecule has 0 N–H and O–H groups in total. The Balaban J connectivity index is 1.55. The van der Waals surface area contributed by atoms with Crippen molar-refractivity contribution in [3.05, 3.63) is 23.8 Å². The molecule has 1 aromatic heterocycles. The maximum absolute atomic E-state index is 12.0. The van der Waals surface area contributed by atoms with Crippen molar-refractivity contribution in [2.75, 3.05) is 13.1 Å². The summed E-state index contributed by atoms with van der Waals surface area (Å²) in [5, 5.41) is 3.95. The van der Waals surface area contributed by atoms with Crippen molar-refractivity contribution in [1.29, 1.82) is 0 Å². The second kappa shape index (κ2) is 4.31. The molecule has 0 bridgehead atoms. The Kier molecular flexibility index (Phi) is 2.66. The molecule has 17 heavy (non-hydrogen) atoms. The minimum Gasteiger partial charge on any atom is -0.340 e. The molecule has 0 aromatic carbocycles. The van der Waals surface area contributed by atoms with E-state index in [9.17, 15) is 4.79 Å². The first-order valence-corrected chi connectivity index (χ1v) is 6.13. The molecule has 1 aliphatic carbocycles. The summed E-state index contributed by atoms with van der Waals surface area (Å²) in [7, 11) is 0. The molecule has 2 aliphatic rings. The molecule has 2 heterocycles. The lowest BCUT2D eigenvalue weighted by Crippen LogP contribution is -2.38. The molecule has 2 fully saturated rings. The minimum absolute atomic E-state index is 0.148. The second-order valence-electron chi connectivity index (χ2n) is 4.68. The highest BCUT2D eigenvalue weighted by molar-refractivity contribution is 5.76. The number of likely N-dealkylation sites (tertiary alicyclic amines) is 1. The lowest BCUT2D eigenvalue weighted by atomic mass is 10.0. The largest absolute Gasteiger partial charge is 0.340 e. The van der Waals surface area contributed by atoms with Crippen molar-refractivity contribution >= 4 is 5.91 Å². The number of allylic oxidation sites excluding steroid dienone is 1. The summed E-state index contributed by atoms with van der Waals surface area (Å²) in [5.74, 6) is 0.148. The fraction of sp³-hybridized carbons (Fsp3) is 0.583. The lowest BCUT2D eigenvalue weighted by molar-refractivity contribution is -0.132. The predicted octanol–water partition coefficient (Wildman–Crippen LogP) is 0.991. The lowest BCUT2D eigenvalue weighted by Gasteiger charge is -2.28. The van der Waals surface area contributed by atoms with Gasteiger partial charge in [-0.05, 0) is 25.7 Å². The van der Waals surface area contributed by atoms with Crippen LogP contribution in [0.25, 0.3) is 0 Å². The van der Waals surface area contributed by atoms with E-state index in [-0.39, 0.29) is 5.91 Å². The summed E-state index contributed by atoms with van der Waals surface area (Å²) in [6.45, 7) is 2.05. The third-order valence-corrected chi connectivity index (χ3v) is 3.48. The molecule has 5 nitrogen and oxygen atoms in total. The summed E-state index contributed by atoms with van der Waals surface area (Å²) in [6.07, 6.45) is 7.76. The fourth-order valence-electron chi connectivity index (χ4n) is 2.35. The number of hydrogen-bond donors (Lipinski definition) is 0. The molecule has 0 atom stereocenters. The van der Waals surface area contributed by atoms with Gasteiger partial charge in [0.25, 0.3) is 0 Å². The van der Waals surface area contributed by atoms with Crippen LogP contribution in [-0.4, -0.2) is 38.7 Å². The second-order valence-corrected chi connectivity index (χ2v) is 4.68. The molecule has 5 heteroatoms. The summed E-state index contributed by atoms with van der Waals surface area (Å²) >= 11 is 0. The van der Waals surface area contributed by atoms with Gasteiger partial charge in [0.05, 0.1) is 0 Å². The number of aromatic nitrogens is 3. The molecular formula is C12H16N4O. The highest BCUT2D eigenvalue weighted by Crippen LogP contribution is 2.35. The smallest absolute Gasteiger partial charge is 0.244 e. The third kappa shape index (κ3) is 2.38. The van der Waals surface area contributed by atoms with Crippen LogP contribution in [0, 0.1) is 0 Å². The first kappa shape index (κ1) is 10.5. The zero-order chi connectivity index (χ0) is 11.7. The highest BCUT2D eigenvalue weighted by atomic mass is 16.2. The van der Waals surface area contributed by atoms with Crippen molar-refractivity contribution in [2.24, 2.45) is 0 Å². The summed E-state index contributed by atoms with van der Waals surface area (Å²) in [6, 6.07) is 0. The van der Waals surface area contributed by atoms with Crippen LogP contribution in [0.5, 0.6) is 0 Å². The van der Waals surface area contributed by atoms with E-state index in [0.717, 1.165) is 25.9 Å². The monoisotopic (exact) mass is 232 g/mol. The number of hydrogen-bond acceptors (Lipinski definition) is 3. The zero-order valence-electron chi connectivity index (χ0n) is 9.80. The molecule has 1 amide bonds. The van der Waals surface area contributed by atoms with Gasteiger partial charge in [0.2, 0.25) is 5.91 Å². The summed E-state index contributed by atoms with van der Waals surface area (Å²) < 4.78 is 1.58. The molecule has 1 saturated carbocycles. The van der Waals surface area contributed by atoms with Crippen LogP contribution in [0.2, 0.25) is 0 Å². The molecule has 0 spiro atoms. The van der Waals surface area contributed by atoms with Crippen LogP contribution in [0.1, 0.15) is 25.7 Å². The van der Waals surface area contributed by atoms with Crippen molar-refractivity contribution in [1.82, 2.24) is 19.7 Å². The average molecular weight is 232 g/mol. The van der Waals surface area contributed by atoms with E-state index in [2.05, 4.69) is 10.1 Å². The maximum atomic E-state index is 12.0. The van der Waals surface area contributed by atoms with E-state index < -0.39 is 0 Å². The topological polar surface area (TPSA) is 51.0 Å². The van der Waals surface area contributed by atoms with Gasteiger partial charge in [-0.2, -0.15) is 5.10 Å². The zero-order valence-corrected chi connectivity index (χ0v) is 9.80.